The molecule has 0 atom stereocenters. The van der Waals surface area contributed by atoms with Crippen LogP contribution in [0.15, 0.2) is 16.5 Å². The van der Waals surface area contributed by atoms with E-state index in [0.29, 0.717) is 0 Å². The molecule has 0 saturated carbocycles. The van der Waals surface area contributed by atoms with E-state index in [9.17, 15) is 4.79 Å². The molecule has 1 amide bonds. The zero-order valence-electron chi connectivity index (χ0n) is 11.1. The quantitative estimate of drug-likeness (QED) is 0.845. The number of nitrogens with zero attached hydrogens (tertiary/aromatic N) is 2. The van der Waals surface area contributed by atoms with Crippen LogP contribution in [0.2, 0.25) is 0 Å². The number of rotatable bonds is 2. The highest BCUT2D eigenvalue weighted by Crippen LogP contribution is 2.30. The molecule has 5 heteroatoms. The molecule has 0 radical (unpaired) electrons. The van der Waals surface area contributed by atoms with E-state index in [4.69, 9.17) is 4.42 Å². The summed E-state index contributed by atoms with van der Waals surface area (Å²) in [6, 6.07) is 3.81. The van der Waals surface area contributed by atoms with Gasteiger partial charge in [-0.25, -0.2) is 4.98 Å². The Morgan fingerprint density at radius 1 is 1.32 bits per heavy atom. The fourth-order valence-electron chi connectivity index (χ4n) is 2.31. The van der Waals surface area contributed by atoms with Crippen LogP contribution in [0, 0.1) is 13.8 Å². The van der Waals surface area contributed by atoms with E-state index in [2.05, 4.69) is 4.98 Å². The number of furan rings is 1. The van der Waals surface area contributed by atoms with Crippen molar-refractivity contribution in [1.82, 2.24) is 9.88 Å². The molecule has 3 rings (SSSR count). The van der Waals surface area contributed by atoms with Crippen molar-refractivity contribution in [3.8, 4) is 10.8 Å². The predicted octanol–water partition coefficient (Wildman–Crippen LogP) is 3.26. The van der Waals surface area contributed by atoms with E-state index in [-0.39, 0.29) is 5.91 Å². The number of carbonyl (C=O) groups excluding carboxylic acids is 1. The molecule has 19 heavy (non-hydrogen) atoms. The zero-order chi connectivity index (χ0) is 13.4. The van der Waals surface area contributed by atoms with Gasteiger partial charge in [0.15, 0.2) is 10.8 Å². The molecule has 1 aliphatic rings. The average molecular weight is 276 g/mol. The lowest BCUT2D eigenvalue weighted by Crippen LogP contribution is -2.27. The Hall–Kier alpha value is -1.62. The fraction of sp³-hybridized carbons (Fsp3) is 0.429. The van der Waals surface area contributed by atoms with Crippen LogP contribution >= 0.6 is 11.3 Å². The molecule has 1 aliphatic heterocycles. The fourth-order valence-corrected chi connectivity index (χ4v) is 3.31. The summed E-state index contributed by atoms with van der Waals surface area (Å²) >= 11 is 1.42. The number of aryl methyl sites for hydroxylation is 2. The first-order valence-electron chi connectivity index (χ1n) is 6.48. The van der Waals surface area contributed by atoms with Gasteiger partial charge in [0.2, 0.25) is 0 Å². The lowest BCUT2D eigenvalue weighted by atomic mass is 10.3. The van der Waals surface area contributed by atoms with Crippen LogP contribution in [-0.2, 0) is 0 Å². The molecule has 0 unspecified atom stereocenters. The highest BCUT2D eigenvalue weighted by Gasteiger charge is 2.24. The van der Waals surface area contributed by atoms with Gasteiger partial charge in [0.1, 0.15) is 10.6 Å². The van der Waals surface area contributed by atoms with E-state index in [1.165, 1.54) is 11.3 Å². The first-order chi connectivity index (χ1) is 9.15. The maximum absolute atomic E-state index is 12.4. The minimum atomic E-state index is 0.113. The van der Waals surface area contributed by atoms with Gasteiger partial charge in [-0.1, -0.05) is 0 Å². The summed E-state index contributed by atoms with van der Waals surface area (Å²) in [5, 5.41) is 0.785. The Labute approximate surface area is 116 Å². The van der Waals surface area contributed by atoms with Crippen LogP contribution in [0.4, 0.5) is 0 Å². The minimum Gasteiger partial charge on any atom is -0.459 e. The molecule has 2 aromatic rings. The molecular weight excluding hydrogens is 260 g/mol. The van der Waals surface area contributed by atoms with Gasteiger partial charge in [-0.15, -0.1) is 11.3 Å². The standard InChI is InChI=1S/C14H16N2O2S/c1-9-5-6-11(18-9)13-15-10(2)12(19-13)14(17)16-7-3-4-8-16/h5-6H,3-4,7-8H2,1-2H3. The van der Waals surface area contributed by atoms with E-state index >= 15 is 0 Å². The van der Waals surface area contributed by atoms with Crippen molar-refractivity contribution in [1.29, 1.82) is 0 Å². The van der Waals surface area contributed by atoms with Crippen LogP contribution in [-0.4, -0.2) is 28.9 Å². The van der Waals surface area contributed by atoms with Gasteiger partial charge in [0, 0.05) is 13.1 Å². The normalized spacial score (nSPS) is 15.2. The second-order valence-corrected chi connectivity index (χ2v) is 5.84. The second-order valence-electron chi connectivity index (χ2n) is 4.84. The third-order valence-corrected chi connectivity index (χ3v) is 4.50. The number of thiazole rings is 1. The number of likely N-dealkylation sites (tertiary alicyclic amines) is 1. The molecule has 1 saturated heterocycles. The van der Waals surface area contributed by atoms with Gasteiger partial charge in [0.25, 0.3) is 5.91 Å². The third-order valence-electron chi connectivity index (χ3n) is 3.34. The highest BCUT2D eigenvalue weighted by molar-refractivity contribution is 7.17. The Balaban J connectivity index is 1.90. The monoisotopic (exact) mass is 276 g/mol. The van der Waals surface area contributed by atoms with Crippen molar-refractivity contribution in [3.63, 3.8) is 0 Å². The lowest BCUT2D eigenvalue weighted by Gasteiger charge is -2.13. The number of hydrogen-bond acceptors (Lipinski definition) is 4. The van der Waals surface area contributed by atoms with Gasteiger partial charge in [-0.05, 0) is 38.8 Å². The maximum atomic E-state index is 12.4. The molecule has 3 heterocycles. The largest absolute Gasteiger partial charge is 0.459 e. The Kier molecular flexibility index (Phi) is 3.14. The Morgan fingerprint density at radius 2 is 2.05 bits per heavy atom. The minimum absolute atomic E-state index is 0.113. The van der Waals surface area contributed by atoms with Gasteiger partial charge >= 0.3 is 0 Å². The van der Waals surface area contributed by atoms with Crippen LogP contribution < -0.4 is 0 Å². The summed E-state index contributed by atoms with van der Waals surface area (Å²) in [7, 11) is 0. The molecule has 0 aromatic carbocycles. The molecule has 1 fully saturated rings. The molecule has 0 aliphatic carbocycles. The highest BCUT2D eigenvalue weighted by atomic mass is 32.1. The third kappa shape index (κ3) is 2.30. The smallest absolute Gasteiger partial charge is 0.265 e. The van der Waals surface area contributed by atoms with Crippen LogP contribution in [0.1, 0.15) is 34.0 Å². The van der Waals surface area contributed by atoms with Crippen LogP contribution in [0.25, 0.3) is 10.8 Å². The molecular formula is C14H16N2O2S. The summed E-state index contributed by atoms with van der Waals surface area (Å²) < 4.78 is 5.57. The van der Waals surface area contributed by atoms with Crippen molar-refractivity contribution >= 4 is 17.2 Å². The predicted molar refractivity (Wildman–Crippen MR) is 74.4 cm³/mol. The molecule has 2 aromatic heterocycles. The molecule has 0 spiro atoms. The molecule has 100 valence electrons. The van der Waals surface area contributed by atoms with Gasteiger partial charge < -0.3 is 9.32 Å². The maximum Gasteiger partial charge on any atom is 0.265 e. The van der Waals surface area contributed by atoms with Crippen molar-refractivity contribution in [2.24, 2.45) is 0 Å². The first-order valence-corrected chi connectivity index (χ1v) is 7.30. The topological polar surface area (TPSA) is 46.3 Å². The number of carbonyl (C=O) groups is 1. The summed E-state index contributed by atoms with van der Waals surface area (Å²) in [6.07, 6.45) is 2.21. The first kappa shape index (κ1) is 12.4. The van der Waals surface area contributed by atoms with Crippen molar-refractivity contribution in [3.05, 3.63) is 28.5 Å². The van der Waals surface area contributed by atoms with E-state index in [0.717, 1.165) is 53.0 Å². The van der Waals surface area contributed by atoms with Crippen molar-refractivity contribution < 1.29 is 9.21 Å². The average Bonchev–Trinajstić information content (AvgIpc) is 3.08. The number of amides is 1. The van der Waals surface area contributed by atoms with E-state index in [1.54, 1.807) is 0 Å². The Morgan fingerprint density at radius 3 is 2.68 bits per heavy atom. The molecule has 0 N–H and O–H groups in total. The summed E-state index contributed by atoms with van der Waals surface area (Å²) in [4.78, 5) is 19.5. The SMILES string of the molecule is Cc1ccc(-c2nc(C)c(C(=O)N3CCCC3)s2)o1. The van der Waals surface area contributed by atoms with Gasteiger partial charge in [0.05, 0.1) is 5.69 Å². The van der Waals surface area contributed by atoms with Crippen molar-refractivity contribution in [2.75, 3.05) is 13.1 Å². The van der Waals surface area contributed by atoms with E-state index in [1.807, 2.05) is 30.9 Å². The Bertz CT molecular complexity index is 609. The number of hydrogen-bond donors (Lipinski definition) is 0. The lowest BCUT2D eigenvalue weighted by molar-refractivity contribution is 0.0796. The molecule has 4 nitrogen and oxygen atoms in total. The van der Waals surface area contributed by atoms with Gasteiger partial charge in [-0.2, -0.15) is 0 Å². The van der Waals surface area contributed by atoms with Crippen LogP contribution in [0.5, 0.6) is 0 Å². The zero-order valence-corrected chi connectivity index (χ0v) is 11.9. The second kappa shape index (κ2) is 4.81. The summed E-state index contributed by atoms with van der Waals surface area (Å²) in [5.74, 6) is 1.71. The number of aromatic nitrogens is 1. The molecule has 0 bridgehead atoms. The summed E-state index contributed by atoms with van der Waals surface area (Å²) in [5.41, 5.74) is 0.797. The summed E-state index contributed by atoms with van der Waals surface area (Å²) in [6.45, 7) is 5.52. The van der Waals surface area contributed by atoms with Crippen molar-refractivity contribution in [2.45, 2.75) is 26.7 Å². The van der Waals surface area contributed by atoms with Crippen LogP contribution in [0.3, 0.4) is 0 Å². The van der Waals surface area contributed by atoms with E-state index < -0.39 is 0 Å². The van der Waals surface area contributed by atoms with Gasteiger partial charge in [-0.3, -0.25) is 4.79 Å².